The van der Waals surface area contributed by atoms with Crippen LogP contribution in [0.15, 0.2) is 96.1 Å². The Kier molecular flexibility index (Phi) is 8.09. The highest BCUT2D eigenvalue weighted by Crippen LogP contribution is 2.37. The summed E-state index contributed by atoms with van der Waals surface area (Å²) in [5, 5.41) is 14.5. The zero-order valence-electron chi connectivity index (χ0n) is 18.2. The molecule has 3 aromatic rings. The van der Waals surface area contributed by atoms with E-state index >= 15 is 0 Å². The Bertz CT molecular complexity index is 1030. The molecule has 0 spiro atoms. The summed E-state index contributed by atoms with van der Waals surface area (Å²) in [4.78, 5) is 2.94. The van der Waals surface area contributed by atoms with Gasteiger partial charge in [0.05, 0.1) is 32.0 Å². The lowest BCUT2D eigenvalue weighted by atomic mass is 9.82. The number of nitrogens with zero attached hydrogens (tertiary/aromatic N) is 3. The van der Waals surface area contributed by atoms with Gasteiger partial charge in [-0.25, -0.2) is 0 Å². The first-order valence-electron chi connectivity index (χ1n) is 11.0. The van der Waals surface area contributed by atoms with Crippen LogP contribution in [0.1, 0.15) is 22.6 Å². The number of benzene rings is 3. The molecule has 5 unspecified atom stereocenters. The van der Waals surface area contributed by atoms with Crippen molar-refractivity contribution in [2.24, 2.45) is 5.11 Å². The molecule has 1 N–H and O–H groups in total. The Labute approximate surface area is 193 Å². The monoisotopic (exact) mass is 445 g/mol. The van der Waals surface area contributed by atoms with Crippen LogP contribution in [-0.4, -0.2) is 36.3 Å². The highest BCUT2D eigenvalue weighted by atomic mass is 16.6. The molecule has 33 heavy (non-hydrogen) atoms. The maximum atomic E-state index is 10.7. The second-order valence-electron chi connectivity index (χ2n) is 7.96. The van der Waals surface area contributed by atoms with E-state index in [9.17, 15) is 5.11 Å². The molecule has 0 bridgehead atoms. The normalized spacial score (nSPS) is 24.7. The molecule has 1 fully saturated rings. The summed E-state index contributed by atoms with van der Waals surface area (Å²) in [7, 11) is 0. The molecule has 0 aliphatic carbocycles. The zero-order valence-corrected chi connectivity index (χ0v) is 18.2. The fraction of sp³-hybridized carbons (Fsp3) is 0.308. The third-order valence-electron chi connectivity index (χ3n) is 5.75. The van der Waals surface area contributed by atoms with Gasteiger partial charge in [0.25, 0.3) is 0 Å². The van der Waals surface area contributed by atoms with Crippen LogP contribution in [0.4, 0.5) is 0 Å². The highest BCUT2D eigenvalue weighted by Gasteiger charge is 2.46. The summed E-state index contributed by atoms with van der Waals surface area (Å²) in [5.74, 6) is -0.301. The maximum Gasteiger partial charge on any atom is 0.166 e. The van der Waals surface area contributed by atoms with Crippen LogP contribution < -0.4 is 0 Å². The number of aliphatic hydroxyl groups excluding tert-OH is 1. The fourth-order valence-electron chi connectivity index (χ4n) is 4.17. The fourth-order valence-corrected chi connectivity index (χ4v) is 4.17. The summed E-state index contributed by atoms with van der Waals surface area (Å²) in [6.45, 7) is 0.990. The van der Waals surface area contributed by atoms with Crippen molar-refractivity contribution in [3.8, 4) is 0 Å². The van der Waals surface area contributed by atoms with Crippen molar-refractivity contribution in [1.29, 1.82) is 0 Å². The van der Waals surface area contributed by atoms with Crippen molar-refractivity contribution in [2.45, 2.75) is 43.7 Å². The Morgan fingerprint density at radius 1 is 0.848 bits per heavy atom. The van der Waals surface area contributed by atoms with Crippen LogP contribution >= 0.6 is 0 Å². The average Bonchev–Trinajstić information content (AvgIpc) is 2.86. The molecule has 1 aliphatic heterocycles. The third-order valence-corrected chi connectivity index (χ3v) is 5.75. The van der Waals surface area contributed by atoms with Gasteiger partial charge in [-0.3, -0.25) is 0 Å². The first kappa shape index (κ1) is 23.0. The lowest BCUT2D eigenvalue weighted by molar-refractivity contribution is -0.231. The molecule has 4 rings (SSSR count). The number of hydrogen-bond donors (Lipinski definition) is 1. The van der Waals surface area contributed by atoms with E-state index in [1.807, 2.05) is 91.0 Å². The number of hydrogen-bond acceptors (Lipinski definition) is 5. The molecule has 3 aromatic carbocycles. The minimum Gasteiger partial charge on any atom is -0.374 e. The van der Waals surface area contributed by atoms with Crippen LogP contribution in [0.25, 0.3) is 10.4 Å². The SMILES string of the molecule is [N-]=[N+]=NC1C(O)OC(COCc2ccccc2)C(c2ccccc2)C1OCc1ccccc1. The molecule has 0 radical (unpaired) electrons. The quantitative estimate of drug-likeness (QED) is 0.286. The topological polar surface area (TPSA) is 96.7 Å². The van der Waals surface area contributed by atoms with E-state index in [0.29, 0.717) is 13.2 Å². The molecule has 1 saturated heterocycles. The lowest BCUT2D eigenvalue weighted by Crippen LogP contribution is -2.54. The van der Waals surface area contributed by atoms with Crippen LogP contribution in [0.3, 0.4) is 0 Å². The van der Waals surface area contributed by atoms with Gasteiger partial charge in [0.1, 0.15) is 6.04 Å². The first-order valence-corrected chi connectivity index (χ1v) is 11.0. The predicted octanol–water partition coefficient (Wildman–Crippen LogP) is 4.97. The molecule has 0 amide bonds. The van der Waals surface area contributed by atoms with Crippen molar-refractivity contribution in [3.63, 3.8) is 0 Å². The van der Waals surface area contributed by atoms with E-state index in [1.165, 1.54) is 0 Å². The molecular formula is C26H27N3O4. The minimum absolute atomic E-state index is 0.250. The van der Waals surface area contributed by atoms with Gasteiger partial charge in [0, 0.05) is 10.8 Å². The van der Waals surface area contributed by atoms with E-state index in [4.69, 9.17) is 19.7 Å². The Balaban J connectivity index is 1.58. The maximum absolute atomic E-state index is 10.7. The minimum atomic E-state index is -1.30. The molecule has 1 heterocycles. The van der Waals surface area contributed by atoms with E-state index in [0.717, 1.165) is 16.7 Å². The number of azide groups is 1. The smallest absolute Gasteiger partial charge is 0.166 e. The molecule has 0 saturated carbocycles. The summed E-state index contributed by atoms with van der Waals surface area (Å²) in [6.07, 6.45) is -2.39. The Morgan fingerprint density at radius 3 is 2.03 bits per heavy atom. The van der Waals surface area contributed by atoms with Gasteiger partial charge in [0.2, 0.25) is 0 Å². The molecule has 1 aliphatic rings. The van der Waals surface area contributed by atoms with E-state index in [-0.39, 0.29) is 12.5 Å². The predicted molar refractivity (Wildman–Crippen MR) is 124 cm³/mol. The van der Waals surface area contributed by atoms with Crippen LogP contribution in [-0.2, 0) is 27.4 Å². The Morgan fingerprint density at radius 2 is 1.42 bits per heavy atom. The summed E-state index contributed by atoms with van der Waals surface area (Å²) in [5.41, 5.74) is 12.1. The van der Waals surface area contributed by atoms with E-state index in [2.05, 4.69) is 10.0 Å². The first-order chi connectivity index (χ1) is 16.3. The van der Waals surface area contributed by atoms with Crippen molar-refractivity contribution in [3.05, 3.63) is 118 Å². The third kappa shape index (κ3) is 5.99. The van der Waals surface area contributed by atoms with E-state index in [1.54, 1.807) is 0 Å². The molecule has 7 heteroatoms. The van der Waals surface area contributed by atoms with Gasteiger partial charge in [0.15, 0.2) is 6.29 Å². The Hall–Kier alpha value is -3.19. The average molecular weight is 446 g/mol. The van der Waals surface area contributed by atoms with Crippen molar-refractivity contribution in [1.82, 2.24) is 0 Å². The largest absolute Gasteiger partial charge is 0.374 e. The van der Waals surface area contributed by atoms with Crippen molar-refractivity contribution >= 4 is 0 Å². The van der Waals surface area contributed by atoms with Crippen molar-refractivity contribution in [2.75, 3.05) is 6.61 Å². The van der Waals surface area contributed by atoms with Crippen LogP contribution in [0.2, 0.25) is 0 Å². The number of ether oxygens (including phenoxy) is 3. The lowest BCUT2D eigenvalue weighted by Gasteiger charge is -2.43. The summed E-state index contributed by atoms with van der Waals surface area (Å²) >= 11 is 0. The molecule has 170 valence electrons. The molecular weight excluding hydrogens is 418 g/mol. The van der Waals surface area contributed by atoms with E-state index < -0.39 is 24.5 Å². The van der Waals surface area contributed by atoms with Gasteiger partial charge in [-0.1, -0.05) is 96.1 Å². The summed E-state index contributed by atoms with van der Waals surface area (Å²) < 4.78 is 18.2. The highest BCUT2D eigenvalue weighted by molar-refractivity contribution is 5.25. The molecule has 5 atom stereocenters. The second kappa shape index (κ2) is 11.6. The standard InChI is InChI=1S/C26H27N3O4/c27-29-28-24-25(32-17-20-12-6-2-7-13-20)23(21-14-8-3-9-15-21)22(33-26(24)30)18-31-16-19-10-4-1-5-11-19/h1-15,22-26,30H,16-18H2. The van der Waals surface area contributed by atoms with Gasteiger partial charge in [-0.2, -0.15) is 0 Å². The van der Waals surface area contributed by atoms with Gasteiger partial charge < -0.3 is 19.3 Å². The summed E-state index contributed by atoms with van der Waals surface area (Å²) in [6, 6.07) is 28.5. The van der Waals surface area contributed by atoms with Crippen LogP contribution in [0, 0.1) is 0 Å². The molecule has 0 aromatic heterocycles. The van der Waals surface area contributed by atoms with Crippen LogP contribution in [0.5, 0.6) is 0 Å². The van der Waals surface area contributed by atoms with Gasteiger partial charge in [-0.05, 0) is 22.2 Å². The zero-order chi connectivity index (χ0) is 22.9. The second-order valence-corrected chi connectivity index (χ2v) is 7.96. The number of aliphatic hydroxyl groups is 1. The number of rotatable bonds is 9. The van der Waals surface area contributed by atoms with Gasteiger partial charge >= 0.3 is 0 Å². The van der Waals surface area contributed by atoms with Crippen molar-refractivity contribution < 1.29 is 19.3 Å². The molecule has 7 nitrogen and oxygen atoms in total. The van der Waals surface area contributed by atoms with Gasteiger partial charge in [-0.15, -0.1) is 0 Å².